The molecule has 0 heterocycles. The smallest absolute Gasteiger partial charge is 0.320 e. The number of carboxylic acids is 1. The Labute approximate surface area is 92.5 Å². The normalized spacial score (nSPS) is 24.1. The lowest BCUT2D eigenvalue weighted by Crippen LogP contribution is -2.45. The molecular weight excluding hydrogens is 190 g/mol. The van der Waals surface area contributed by atoms with Gasteiger partial charge in [0.2, 0.25) is 0 Å². The minimum absolute atomic E-state index is 0.365. The van der Waals surface area contributed by atoms with Gasteiger partial charge in [-0.3, -0.25) is 9.69 Å². The van der Waals surface area contributed by atoms with E-state index < -0.39 is 5.97 Å². The number of aliphatic carboxylic acids is 1. The highest BCUT2D eigenvalue weighted by atomic mass is 16.4. The van der Waals surface area contributed by atoms with E-state index in [9.17, 15) is 4.79 Å². The highest BCUT2D eigenvalue weighted by Crippen LogP contribution is 2.36. The third-order valence-electron chi connectivity index (χ3n) is 3.85. The standard InChI is InChI=1S/C12H23NO2/c1-9(11(14)15)13(4)10-5-7-12(2,3)8-6-10/h9-10H,5-8H2,1-4H3,(H,14,15). The first-order valence-corrected chi connectivity index (χ1v) is 5.78. The van der Waals surface area contributed by atoms with Crippen molar-refractivity contribution < 1.29 is 9.90 Å². The molecule has 1 aliphatic carbocycles. The molecule has 0 radical (unpaired) electrons. The maximum absolute atomic E-state index is 10.9. The van der Waals surface area contributed by atoms with E-state index in [4.69, 9.17) is 5.11 Å². The van der Waals surface area contributed by atoms with Crippen molar-refractivity contribution in [3.8, 4) is 0 Å². The monoisotopic (exact) mass is 213 g/mol. The topological polar surface area (TPSA) is 40.5 Å². The SMILES string of the molecule is CC(C(=O)O)N(C)C1CCC(C)(C)CC1. The molecule has 15 heavy (non-hydrogen) atoms. The summed E-state index contributed by atoms with van der Waals surface area (Å²) >= 11 is 0. The van der Waals surface area contributed by atoms with E-state index >= 15 is 0 Å². The first-order chi connectivity index (χ1) is 6.83. The third-order valence-corrected chi connectivity index (χ3v) is 3.85. The summed E-state index contributed by atoms with van der Waals surface area (Å²) in [4.78, 5) is 12.9. The number of carboxylic acid groups (broad SMARTS) is 1. The van der Waals surface area contributed by atoms with Gasteiger partial charge in [0.25, 0.3) is 0 Å². The van der Waals surface area contributed by atoms with E-state index in [1.54, 1.807) is 6.92 Å². The van der Waals surface area contributed by atoms with Crippen LogP contribution in [0, 0.1) is 5.41 Å². The molecule has 0 aromatic carbocycles. The van der Waals surface area contributed by atoms with Crippen LogP contribution in [0.3, 0.4) is 0 Å². The van der Waals surface area contributed by atoms with E-state index in [0.29, 0.717) is 11.5 Å². The predicted molar refractivity (Wildman–Crippen MR) is 60.9 cm³/mol. The molecule has 88 valence electrons. The predicted octanol–water partition coefficient (Wildman–Crippen LogP) is 2.36. The lowest BCUT2D eigenvalue weighted by molar-refractivity contribution is -0.143. The molecule has 1 fully saturated rings. The minimum Gasteiger partial charge on any atom is -0.480 e. The molecule has 0 bridgehead atoms. The Kier molecular flexibility index (Phi) is 3.77. The molecule has 1 N–H and O–H groups in total. The van der Waals surface area contributed by atoms with Crippen LogP contribution in [0.2, 0.25) is 0 Å². The second kappa shape index (κ2) is 4.52. The van der Waals surface area contributed by atoms with Gasteiger partial charge in [0.15, 0.2) is 0 Å². The largest absolute Gasteiger partial charge is 0.480 e. The van der Waals surface area contributed by atoms with E-state index in [2.05, 4.69) is 13.8 Å². The van der Waals surface area contributed by atoms with Crippen LogP contribution >= 0.6 is 0 Å². The highest BCUT2D eigenvalue weighted by molar-refractivity contribution is 5.72. The Balaban J connectivity index is 2.49. The van der Waals surface area contributed by atoms with Crippen molar-refractivity contribution in [1.82, 2.24) is 4.90 Å². The lowest BCUT2D eigenvalue weighted by atomic mass is 9.75. The van der Waals surface area contributed by atoms with Crippen molar-refractivity contribution >= 4 is 5.97 Å². The quantitative estimate of drug-likeness (QED) is 0.782. The van der Waals surface area contributed by atoms with Crippen LogP contribution in [0.25, 0.3) is 0 Å². The number of hydrogen-bond donors (Lipinski definition) is 1. The first kappa shape index (κ1) is 12.5. The first-order valence-electron chi connectivity index (χ1n) is 5.78. The van der Waals surface area contributed by atoms with Crippen LogP contribution in [0.5, 0.6) is 0 Å². The van der Waals surface area contributed by atoms with Crippen molar-refractivity contribution in [3.63, 3.8) is 0 Å². The van der Waals surface area contributed by atoms with Crippen molar-refractivity contribution in [3.05, 3.63) is 0 Å². The van der Waals surface area contributed by atoms with Gasteiger partial charge in [-0.05, 0) is 45.1 Å². The highest BCUT2D eigenvalue weighted by Gasteiger charge is 2.31. The fraction of sp³-hybridized carbons (Fsp3) is 0.917. The summed E-state index contributed by atoms with van der Waals surface area (Å²) in [7, 11) is 1.93. The van der Waals surface area contributed by atoms with E-state index in [-0.39, 0.29) is 6.04 Å². The Morgan fingerprint density at radius 2 is 1.87 bits per heavy atom. The maximum Gasteiger partial charge on any atom is 0.320 e. The number of likely N-dealkylation sites (N-methyl/N-ethyl adjacent to an activating group) is 1. The van der Waals surface area contributed by atoms with Crippen LogP contribution < -0.4 is 0 Å². The van der Waals surface area contributed by atoms with Crippen molar-refractivity contribution in [2.24, 2.45) is 5.41 Å². The average Bonchev–Trinajstić information content (AvgIpc) is 2.15. The molecule has 3 nitrogen and oxygen atoms in total. The molecule has 0 amide bonds. The van der Waals surface area contributed by atoms with E-state index in [1.807, 2.05) is 11.9 Å². The average molecular weight is 213 g/mol. The fourth-order valence-corrected chi connectivity index (χ4v) is 2.28. The molecule has 1 saturated carbocycles. The Morgan fingerprint density at radius 3 is 2.27 bits per heavy atom. The van der Waals surface area contributed by atoms with Gasteiger partial charge < -0.3 is 5.11 Å². The summed E-state index contributed by atoms with van der Waals surface area (Å²) in [5, 5.41) is 8.94. The molecule has 0 aliphatic heterocycles. The summed E-state index contributed by atoms with van der Waals surface area (Å²) in [6.07, 6.45) is 4.66. The summed E-state index contributed by atoms with van der Waals surface area (Å²) < 4.78 is 0. The second-order valence-electron chi connectivity index (χ2n) is 5.58. The summed E-state index contributed by atoms with van der Waals surface area (Å²) in [6.45, 7) is 6.36. The van der Waals surface area contributed by atoms with Crippen LogP contribution in [0.15, 0.2) is 0 Å². The zero-order valence-corrected chi connectivity index (χ0v) is 10.3. The molecule has 1 rings (SSSR count). The maximum atomic E-state index is 10.9. The van der Waals surface area contributed by atoms with Crippen molar-refractivity contribution in [1.29, 1.82) is 0 Å². The molecular formula is C12H23NO2. The molecule has 0 aromatic rings. The zero-order valence-electron chi connectivity index (χ0n) is 10.3. The lowest BCUT2D eigenvalue weighted by Gasteiger charge is -2.39. The Bertz CT molecular complexity index is 228. The van der Waals surface area contributed by atoms with E-state index in [1.165, 1.54) is 12.8 Å². The van der Waals surface area contributed by atoms with Gasteiger partial charge in [0.05, 0.1) is 0 Å². The van der Waals surface area contributed by atoms with Crippen LogP contribution in [-0.2, 0) is 4.79 Å². The molecule has 3 heteroatoms. The molecule has 0 aromatic heterocycles. The Morgan fingerprint density at radius 1 is 1.40 bits per heavy atom. The van der Waals surface area contributed by atoms with Crippen molar-refractivity contribution in [2.75, 3.05) is 7.05 Å². The zero-order chi connectivity index (χ0) is 11.6. The van der Waals surface area contributed by atoms with Crippen LogP contribution in [0.4, 0.5) is 0 Å². The molecule has 0 spiro atoms. The summed E-state index contributed by atoms with van der Waals surface area (Å²) in [5.41, 5.74) is 0.448. The fourth-order valence-electron chi connectivity index (χ4n) is 2.28. The molecule has 1 atom stereocenters. The van der Waals surface area contributed by atoms with Crippen LogP contribution in [0.1, 0.15) is 46.5 Å². The van der Waals surface area contributed by atoms with Crippen LogP contribution in [-0.4, -0.2) is 35.1 Å². The molecule has 1 unspecified atom stereocenters. The van der Waals surface area contributed by atoms with Crippen molar-refractivity contribution in [2.45, 2.75) is 58.5 Å². The van der Waals surface area contributed by atoms with Gasteiger partial charge in [-0.2, -0.15) is 0 Å². The summed E-state index contributed by atoms with van der Waals surface area (Å²) in [6, 6.07) is 0.0836. The third kappa shape index (κ3) is 3.20. The van der Waals surface area contributed by atoms with Gasteiger partial charge in [0, 0.05) is 6.04 Å². The molecule has 0 saturated heterocycles. The summed E-state index contributed by atoms with van der Waals surface area (Å²) in [5.74, 6) is -0.720. The van der Waals surface area contributed by atoms with Gasteiger partial charge in [-0.1, -0.05) is 13.8 Å². The minimum atomic E-state index is -0.720. The van der Waals surface area contributed by atoms with E-state index in [0.717, 1.165) is 12.8 Å². The van der Waals surface area contributed by atoms with Gasteiger partial charge in [-0.15, -0.1) is 0 Å². The number of rotatable bonds is 3. The van der Waals surface area contributed by atoms with Gasteiger partial charge in [-0.25, -0.2) is 0 Å². The number of nitrogens with zero attached hydrogens (tertiary/aromatic N) is 1. The number of hydrogen-bond acceptors (Lipinski definition) is 2. The van der Waals surface area contributed by atoms with Gasteiger partial charge >= 0.3 is 5.97 Å². The number of carbonyl (C=O) groups is 1. The Hall–Kier alpha value is -0.570. The van der Waals surface area contributed by atoms with Gasteiger partial charge in [0.1, 0.15) is 6.04 Å². The second-order valence-corrected chi connectivity index (χ2v) is 5.58. The molecule has 1 aliphatic rings.